The number of fused-ring (bicyclic) bond motifs is 1. The molecule has 3 aromatic rings. The summed E-state index contributed by atoms with van der Waals surface area (Å²) in [7, 11) is -4.00. The van der Waals surface area contributed by atoms with Crippen molar-refractivity contribution in [1.82, 2.24) is 4.98 Å². The van der Waals surface area contributed by atoms with Gasteiger partial charge in [-0.3, -0.25) is 0 Å². The summed E-state index contributed by atoms with van der Waals surface area (Å²) >= 11 is 6.31. The standard InChI is InChI=1S/C20H14ClF3N2O2S/c21-17-12-26(14-6-4-5-13(11-14)20(22,23)24)19(18-16(17)9-10-25-18)29(27,28)15-7-2-1-3-8-15/h1-12,19,25H. The molecule has 1 aromatic heterocycles. The zero-order valence-electron chi connectivity index (χ0n) is 14.7. The minimum atomic E-state index is -4.56. The van der Waals surface area contributed by atoms with Gasteiger partial charge in [0.05, 0.1) is 21.2 Å². The van der Waals surface area contributed by atoms with Gasteiger partial charge in [-0.25, -0.2) is 8.42 Å². The van der Waals surface area contributed by atoms with Crippen molar-refractivity contribution in [2.24, 2.45) is 0 Å². The second-order valence-corrected chi connectivity index (χ2v) is 8.86. The molecule has 4 nitrogen and oxygen atoms in total. The van der Waals surface area contributed by atoms with Gasteiger partial charge < -0.3 is 9.88 Å². The van der Waals surface area contributed by atoms with Crippen molar-refractivity contribution in [3.05, 3.63) is 89.9 Å². The van der Waals surface area contributed by atoms with Crippen molar-refractivity contribution >= 4 is 32.2 Å². The van der Waals surface area contributed by atoms with Crippen LogP contribution < -0.4 is 4.90 Å². The van der Waals surface area contributed by atoms with Crippen LogP contribution >= 0.6 is 11.6 Å². The average molecular weight is 439 g/mol. The summed E-state index contributed by atoms with van der Waals surface area (Å²) < 4.78 is 66.6. The molecule has 0 amide bonds. The molecule has 0 bridgehead atoms. The number of nitrogens with zero attached hydrogens (tertiary/aromatic N) is 1. The first-order chi connectivity index (χ1) is 13.7. The normalized spacial score (nSPS) is 17.0. The highest BCUT2D eigenvalue weighted by molar-refractivity contribution is 7.91. The number of H-pyrrole nitrogens is 1. The highest BCUT2D eigenvalue weighted by Crippen LogP contribution is 2.44. The predicted octanol–water partition coefficient (Wildman–Crippen LogP) is 5.56. The Morgan fingerprint density at radius 3 is 2.41 bits per heavy atom. The topological polar surface area (TPSA) is 53.2 Å². The summed E-state index contributed by atoms with van der Waals surface area (Å²) in [5.41, 5.74) is -0.0476. The van der Waals surface area contributed by atoms with Crippen LogP contribution in [0.4, 0.5) is 18.9 Å². The van der Waals surface area contributed by atoms with Crippen molar-refractivity contribution in [2.75, 3.05) is 4.90 Å². The van der Waals surface area contributed by atoms with Gasteiger partial charge in [-0.05, 0) is 36.4 Å². The smallest absolute Gasteiger partial charge is 0.362 e. The molecule has 9 heteroatoms. The molecule has 1 aliphatic heterocycles. The van der Waals surface area contributed by atoms with Gasteiger partial charge in [-0.15, -0.1) is 0 Å². The van der Waals surface area contributed by atoms with Crippen LogP contribution in [0.25, 0.3) is 5.03 Å². The Hall–Kier alpha value is -2.71. The van der Waals surface area contributed by atoms with Crippen LogP contribution in [0.5, 0.6) is 0 Å². The van der Waals surface area contributed by atoms with Crippen molar-refractivity contribution in [3.63, 3.8) is 0 Å². The summed E-state index contributed by atoms with van der Waals surface area (Å²) in [4.78, 5) is 4.19. The van der Waals surface area contributed by atoms with Gasteiger partial charge in [0.25, 0.3) is 0 Å². The maximum Gasteiger partial charge on any atom is 0.416 e. The zero-order valence-corrected chi connectivity index (χ0v) is 16.3. The minimum Gasteiger partial charge on any atom is -0.362 e. The van der Waals surface area contributed by atoms with Crippen LogP contribution in [0, 0.1) is 0 Å². The quantitative estimate of drug-likeness (QED) is 0.582. The molecule has 2 aromatic carbocycles. The lowest BCUT2D eigenvalue weighted by Crippen LogP contribution is -2.33. The first-order valence-corrected chi connectivity index (χ1v) is 10.4. The van der Waals surface area contributed by atoms with Gasteiger partial charge in [-0.1, -0.05) is 35.9 Å². The van der Waals surface area contributed by atoms with Crippen molar-refractivity contribution in [2.45, 2.75) is 16.4 Å². The molecule has 2 heterocycles. The van der Waals surface area contributed by atoms with Gasteiger partial charge in [0.2, 0.25) is 9.84 Å². The molecule has 150 valence electrons. The lowest BCUT2D eigenvalue weighted by Gasteiger charge is -2.34. The summed E-state index contributed by atoms with van der Waals surface area (Å²) in [6, 6.07) is 13.9. The van der Waals surface area contributed by atoms with E-state index in [4.69, 9.17) is 11.6 Å². The molecule has 0 spiro atoms. The molecular formula is C20H14ClF3N2O2S. The van der Waals surface area contributed by atoms with Gasteiger partial charge in [0.15, 0.2) is 5.37 Å². The fraction of sp³-hybridized carbons (Fsp3) is 0.100. The number of hydrogen-bond donors (Lipinski definition) is 1. The Bertz CT molecular complexity index is 1190. The largest absolute Gasteiger partial charge is 0.416 e. The van der Waals surface area contributed by atoms with Crippen LogP contribution in [0.3, 0.4) is 0 Å². The van der Waals surface area contributed by atoms with Gasteiger partial charge in [-0.2, -0.15) is 13.2 Å². The number of hydrogen-bond acceptors (Lipinski definition) is 3. The number of nitrogens with one attached hydrogen (secondary N) is 1. The number of aromatic nitrogens is 1. The van der Waals surface area contributed by atoms with Crippen molar-refractivity contribution in [1.29, 1.82) is 0 Å². The van der Waals surface area contributed by atoms with E-state index in [1.54, 1.807) is 30.5 Å². The zero-order chi connectivity index (χ0) is 20.8. The van der Waals surface area contributed by atoms with Crippen LogP contribution in [0.2, 0.25) is 0 Å². The Labute approximate surface area is 170 Å². The molecule has 0 saturated heterocycles. The number of benzene rings is 2. The Morgan fingerprint density at radius 2 is 1.72 bits per heavy atom. The van der Waals surface area contributed by atoms with E-state index in [-0.39, 0.29) is 15.6 Å². The fourth-order valence-electron chi connectivity index (χ4n) is 3.29. The Morgan fingerprint density at radius 1 is 1.00 bits per heavy atom. The maximum absolute atomic E-state index is 13.5. The summed E-state index contributed by atoms with van der Waals surface area (Å²) in [5, 5.41) is -1.08. The molecule has 1 atom stereocenters. The maximum atomic E-state index is 13.5. The Kier molecular flexibility index (Phi) is 4.71. The van der Waals surface area contributed by atoms with E-state index in [0.717, 1.165) is 12.1 Å². The molecule has 0 radical (unpaired) electrons. The first-order valence-electron chi connectivity index (χ1n) is 8.49. The lowest BCUT2D eigenvalue weighted by atomic mass is 10.1. The van der Waals surface area contributed by atoms with Gasteiger partial charge in [0, 0.05) is 23.6 Å². The number of rotatable bonds is 3. The molecule has 29 heavy (non-hydrogen) atoms. The van der Waals surface area contributed by atoms with Crippen LogP contribution in [-0.4, -0.2) is 13.4 Å². The second-order valence-electron chi connectivity index (χ2n) is 6.45. The summed E-state index contributed by atoms with van der Waals surface area (Å²) in [5.74, 6) is 0. The number of alkyl halides is 3. The second kappa shape index (κ2) is 6.96. The van der Waals surface area contributed by atoms with E-state index in [1.165, 1.54) is 35.4 Å². The monoisotopic (exact) mass is 438 g/mol. The van der Waals surface area contributed by atoms with Crippen LogP contribution in [0.15, 0.2) is 78.0 Å². The van der Waals surface area contributed by atoms with Crippen LogP contribution in [0.1, 0.15) is 22.2 Å². The van der Waals surface area contributed by atoms with Crippen LogP contribution in [-0.2, 0) is 16.0 Å². The van der Waals surface area contributed by atoms with E-state index in [1.807, 2.05) is 0 Å². The predicted molar refractivity (Wildman–Crippen MR) is 105 cm³/mol. The summed E-state index contributed by atoms with van der Waals surface area (Å²) in [6.45, 7) is 0. The molecule has 1 aliphatic rings. The highest BCUT2D eigenvalue weighted by Gasteiger charge is 2.40. The third-order valence-electron chi connectivity index (χ3n) is 4.63. The first kappa shape index (κ1) is 19.6. The molecule has 0 aliphatic carbocycles. The van der Waals surface area contributed by atoms with Gasteiger partial charge >= 0.3 is 6.18 Å². The molecule has 4 rings (SSSR count). The number of sulfone groups is 1. The number of aromatic amines is 1. The minimum absolute atomic E-state index is 0.0500. The summed E-state index contributed by atoms with van der Waals surface area (Å²) in [6.07, 6.45) is -1.67. The number of halogens is 4. The third kappa shape index (κ3) is 3.42. The third-order valence-corrected chi connectivity index (χ3v) is 6.91. The fourth-order valence-corrected chi connectivity index (χ4v) is 5.34. The molecule has 0 fully saturated rings. The van der Waals surface area contributed by atoms with E-state index in [2.05, 4.69) is 4.98 Å². The molecule has 0 saturated carbocycles. The number of anilines is 1. The molecule has 1 N–H and O–H groups in total. The van der Waals surface area contributed by atoms with Crippen molar-refractivity contribution < 1.29 is 21.6 Å². The van der Waals surface area contributed by atoms with Gasteiger partial charge in [0.1, 0.15) is 0 Å². The van der Waals surface area contributed by atoms with Crippen molar-refractivity contribution in [3.8, 4) is 0 Å². The van der Waals surface area contributed by atoms with E-state index in [9.17, 15) is 21.6 Å². The van der Waals surface area contributed by atoms with E-state index >= 15 is 0 Å². The van der Waals surface area contributed by atoms with E-state index in [0.29, 0.717) is 11.3 Å². The Balaban J connectivity index is 1.92. The lowest BCUT2D eigenvalue weighted by molar-refractivity contribution is -0.137. The average Bonchev–Trinajstić information content (AvgIpc) is 3.18. The molecular weight excluding hydrogens is 425 g/mol. The highest BCUT2D eigenvalue weighted by atomic mass is 35.5. The molecule has 1 unspecified atom stereocenters. The van der Waals surface area contributed by atoms with E-state index < -0.39 is 27.0 Å². The SMILES string of the molecule is O=S(=O)(c1ccccc1)C1c2[nH]ccc2C(Cl)=CN1c1cccc(C(F)(F)F)c1.